The minimum Gasteiger partial charge on any atom is -0.508 e. The molecule has 2 aliphatic carbocycles. The van der Waals surface area contributed by atoms with E-state index in [-0.39, 0.29) is 36.6 Å². The number of allylic oxidation sites excluding steroid dienone is 1. The van der Waals surface area contributed by atoms with Crippen molar-refractivity contribution in [1.82, 2.24) is 25.2 Å². The number of hydrogen-bond donors (Lipinski definition) is 4. The number of benzene rings is 1. The first-order valence-corrected chi connectivity index (χ1v) is 21.7. The van der Waals surface area contributed by atoms with Crippen molar-refractivity contribution < 1.29 is 38.0 Å². The first-order valence-electron chi connectivity index (χ1n) is 19.6. The van der Waals surface area contributed by atoms with Gasteiger partial charge in [-0.3, -0.25) is 19.2 Å². The van der Waals surface area contributed by atoms with E-state index in [1.165, 1.54) is 16.2 Å². The van der Waals surface area contributed by atoms with Gasteiger partial charge in [0.1, 0.15) is 40.0 Å². The number of rotatable bonds is 9. The molecule has 6 atom stereocenters. The van der Waals surface area contributed by atoms with Gasteiger partial charge in [-0.05, 0) is 84.6 Å². The van der Waals surface area contributed by atoms with Crippen molar-refractivity contribution in [1.29, 1.82) is 0 Å². The second kappa shape index (κ2) is 15.8. The molecule has 0 bridgehead atoms. The molecule has 2 aliphatic heterocycles. The number of aromatic nitrogens is 1. The number of nitrogens with zero attached hydrogens (tertiary/aromatic N) is 2. The molecule has 4 N–H and O–H groups in total. The third-order valence-electron chi connectivity index (χ3n) is 11.4. The zero-order valence-corrected chi connectivity index (χ0v) is 34.3. The fraction of sp³-hybridized carbons (Fsp3) is 0.537. The summed E-state index contributed by atoms with van der Waals surface area (Å²) in [7, 11) is -2.04. The van der Waals surface area contributed by atoms with Gasteiger partial charge >= 0.3 is 0 Å². The standard InChI is InChI=1S/C41H51N5O8S2/c1-23(2)53-34-20-32(28-14-15-31(47)25(4)35(28)43-34)54-27-19-30-36(48)44-41(39(51)45-56(52)40(5)17-18-40)21-26(41)11-9-7-6-8-10-12-29(38(50)46(30)22-27)42-37(49)33-16-13-24(3)55-33/h9,11,13-16,20,23,26-27,29-30,47H,6-8,10,12,17-19,21-22H2,1-5H3,(H,42,49)(H,44,48)(H,45,51,52)/p+1/b11-9-/t26-,27-,29+,30+,41-,56?/m1/s1. The number of nitrogens with one attached hydrogen (secondary N) is 3. The lowest BCUT2D eigenvalue weighted by Gasteiger charge is -2.29. The van der Waals surface area contributed by atoms with Crippen LogP contribution in [0.25, 0.3) is 10.9 Å². The van der Waals surface area contributed by atoms with Crippen LogP contribution in [-0.4, -0.2) is 79.7 Å². The number of thiol groups is 1. The SMILES string of the molecule is Cc1ccc(C(=O)N[C@H]2CCCCC/C=C\[C@@H]3C[C@@]3(C(=O)N[SH+](=O)C3(C)CC3)NC(=O)[C@@H]3C[C@@H](Oc4cc(OC(C)C)nc5c(C)c(O)ccc45)CN3C2=O)s1. The molecule has 1 aromatic carbocycles. The van der Waals surface area contributed by atoms with E-state index in [1.807, 2.05) is 45.9 Å². The minimum atomic E-state index is -2.04. The second-order valence-electron chi connectivity index (χ2n) is 16.2. The molecule has 7 rings (SSSR count). The lowest BCUT2D eigenvalue weighted by molar-refractivity contribution is -0.141. The van der Waals surface area contributed by atoms with Crippen LogP contribution >= 0.6 is 11.3 Å². The normalized spacial score (nSPS) is 27.2. The predicted octanol–water partition coefficient (Wildman–Crippen LogP) is 5.23. The van der Waals surface area contributed by atoms with Gasteiger partial charge in [0, 0.05) is 47.1 Å². The van der Waals surface area contributed by atoms with Gasteiger partial charge in [0.2, 0.25) is 17.7 Å². The molecular weight excluding hydrogens is 755 g/mol. The molecule has 4 aliphatic rings. The highest BCUT2D eigenvalue weighted by atomic mass is 32.2. The summed E-state index contributed by atoms with van der Waals surface area (Å²) in [6, 6.07) is 6.58. The van der Waals surface area contributed by atoms with Crippen LogP contribution in [0.15, 0.2) is 42.5 Å². The van der Waals surface area contributed by atoms with Crippen LogP contribution in [-0.2, 0) is 29.6 Å². The van der Waals surface area contributed by atoms with Gasteiger partial charge in [-0.25, -0.2) is 4.98 Å². The summed E-state index contributed by atoms with van der Waals surface area (Å²) in [5.74, 6) is -1.31. The van der Waals surface area contributed by atoms with Gasteiger partial charge in [-0.2, -0.15) is 4.72 Å². The summed E-state index contributed by atoms with van der Waals surface area (Å²) in [5, 5.41) is 17.1. The minimum absolute atomic E-state index is 0.0232. The molecular formula is C41H52N5O8S2+. The number of pyridine rings is 1. The van der Waals surface area contributed by atoms with E-state index >= 15 is 0 Å². The third kappa shape index (κ3) is 8.29. The van der Waals surface area contributed by atoms with E-state index in [4.69, 9.17) is 9.47 Å². The molecule has 13 nitrogen and oxygen atoms in total. The summed E-state index contributed by atoms with van der Waals surface area (Å²) in [5.41, 5.74) is -0.277. The average Bonchev–Trinajstić information content (AvgIpc) is 3.94. The summed E-state index contributed by atoms with van der Waals surface area (Å²) >= 11 is 1.34. The number of phenolic OH excluding ortho intramolecular Hbond substituents is 1. The summed E-state index contributed by atoms with van der Waals surface area (Å²) in [6.45, 7) is 9.32. The number of amides is 4. The Morgan fingerprint density at radius 2 is 1.91 bits per heavy atom. The number of carbonyl (C=O) groups excluding carboxylic acids is 4. The Kier molecular flexibility index (Phi) is 11.2. The fourth-order valence-electron chi connectivity index (χ4n) is 7.61. The van der Waals surface area contributed by atoms with Crippen LogP contribution in [0.2, 0.25) is 0 Å². The van der Waals surface area contributed by atoms with Gasteiger partial charge in [0.15, 0.2) is 11.0 Å². The van der Waals surface area contributed by atoms with E-state index in [9.17, 15) is 28.5 Å². The summed E-state index contributed by atoms with van der Waals surface area (Å²) in [4.78, 5) is 64.2. The van der Waals surface area contributed by atoms with Crippen LogP contribution < -0.4 is 24.8 Å². The number of ether oxygens (including phenoxy) is 2. The summed E-state index contributed by atoms with van der Waals surface area (Å²) < 4.78 is 28.1. The van der Waals surface area contributed by atoms with Crippen molar-refractivity contribution in [2.75, 3.05) is 6.54 Å². The van der Waals surface area contributed by atoms with Gasteiger partial charge in [0.05, 0.1) is 23.0 Å². The molecule has 1 saturated heterocycles. The number of phenols is 1. The molecule has 0 spiro atoms. The van der Waals surface area contributed by atoms with Crippen LogP contribution in [0.4, 0.5) is 0 Å². The van der Waals surface area contributed by atoms with Crippen LogP contribution in [0, 0.1) is 19.8 Å². The lowest BCUT2D eigenvalue weighted by atomic mass is 10.0. The molecule has 1 unspecified atom stereocenters. The molecule has 4 heterocycles. The Balaban J connectivity index is 1.22. The first-order chi connectivity index (χ1) is 26.7. The molecule has 3 fully saturated rings. The first kappa shape index (κ1) is 39.7. The quantitative estimate of drug-likeness (QED) is 0.128. The molecule has 15 heteroatoms. The van der Waals surface area contributed by atoms with Crippen molar-refractivity contribution >= 4 is 56.9 Å². The number of carbonyl (C=O) groups is 4. The zero-order chi connectivity index (χ0) is 39.9. The molecule has 300 valence electrons. The van der Waals surface area contributed by atoms with Crippen molar-refractivity contribution in [3.63, 3.8) is 0 Å². The van der Waals surface area contributed by atoms with Crippen molar-refractivity contribution in [2.45, 2.75) is 127 Å². The Morgan fingerprint density at radius 1 is 1.12 bits per heavy atom. The smallest absolute Gasteiger partial charge is 0.286 e. The molecule has 3 aromatic rings. The van der Waals surface area contributed by atoms with Crippen LogP contribution in [0.3, 0.4) is 0 Å². The Bertz CT molecular complexity index is 2100. The largest absolute Gasteiger partial charge is 0.508 e. The summed E-state index contributed by atoms with van der Waals surface area (Å²) in [6.07, 6.45) is 8.54. The van der Waals surface area contributed by atoms with Crippen molar-refractivity contribution in [2.24, 2.45) is 5.92 Å². The van der Waals surface area contributed by atoms with E-state index in [0.717, 1.165) is 37.0 Å². The lowest BCUT2D eigenvalue weighted by Crippen LogP contribution is -2.58. The highest BCUT2D eigenvalue weighted by Gasteiger charge is 2.63. The number of aryl methyl sites for hydroxylation is 2. The molecule has 4 amide bonds. The molecule has 56 heavy (non-hydrogen) atoms. The number of thiophene rings is 1. The maximum atomic E-state index is 14.7. The average molecular weight is 807 g/mol. The Morgan fingerprint density at radius 3 is 2.62 bits per heavy atom. The highest BCUT2D eigenvalue weighted by Crippen LogP contribution is 2.47. The monoisotopic (exact) mass is 806 g/mol. The van der Waals surface area contributed by atoms with E-state index in [1.54, 1.807) is 31.2 Å². The van der Waals surface area contributed by atoms with Gasteiger partial charge in [-0.1, -0.05) is 29.2 Å². The number of hydrogen-bond acceptors (Lipinski definition) is 10. The van der Waals surface area contributed by atoms with Crippen LogP contribution in [0.5, 0.6) is 17.4 Å². The maximum absolute atomic E-state index is 14.7. The van der Waals surface area contributed by atoms with Gasteiger partial charge in [0.25, 0.3) is 11.8 Å². The zero-order valence-electron chi connectivity index (χ0n) is 32.6. The van der Waals surface area contributed by atoms with Gasteiger partial charge in [-0.15, -0.1) is 11.3 Å². The highest BCUT2D eigenvalue weighted by molar-refractivity contribution is 7.85. The fourth-order valence-corrected chi connectivity index (χ4v) is 9.55. The predicted molar refractivity (Wildman–Crippen MR) is 215 cm³/mol. The Labute approximate surface area is 333 Å². The molecule has 0 radical (unpaired) electrons. The topological polar surface area (TPSA) is 176 Å². The second-order valence-corrected chi connectivity index (χ2v) is 19.4. The van der Waals surface area contributed by atoms with E-state index < -0.39 is 57.2 Å². The number of fused-ring (bicyclic) bond motifs is 3. The van der Waals surface area contributed by atoms with Crippen molar-refractivity contribution in [3.05, 3.63) is 57.8 Å². The van der Waals surface area contributed by atoms with Gasteiger partial charge < -0.3 is 30.1 Å². The molecule has 2 saturated carbocycles. The Hall–Kier alpha value is -4.50. The molecule has 2 aromatic heterocycles. The van der Waals surface area contributed by atoms with E-state index in [0.29, 0.717) is 52.2 Å². The number of aromatic hydroxyl groups is 1. The van der Waals surface area contributed by atoms with E-state index in [2.05, 4.69) is 20.3 Å². The third-order valence-corrected chi connectivity index (χ3v) is 14.2. The van der Waals surface area contributed by atoms with Crippen LogP contribution in [0.1, 0.15) is 98.7 Å². The van der Waals surface area contributed by atoms with Crippen molar-refractivity contribution in [3.8, 4) is 17.4 Å². The maximum Gasteiger partial charge on any atom is 0.286 e.